The van der Waals surface area contributed by atoms with E-state index in [-0.39, 0.29) is 0 Å². The molecule has 17 heavy (non-hydrogen) atoms. The minimum Gasteiger partial charge on any atom is -0.0654 e. The number of rotatable bonds is 10. The maximum absolute atomic E-state index is 2.49. The molecule has 104 valence electrons. The third kappa shape index (κ3) is 7.84. The van der Waals surface area contributed by atoms with Crippen LogP contribution < -0.4 is 0 Å². The molecule has 0 saturated heterocycles. The zero-order valence-corrected chi connectivity index (χ0v) is 13.3. The highest BCUT2D eigenvalue weighted by Gasteiger charge is 2.22. The van der Waals surface area contributed by atoms with Crippen LogP contribution in [0.4, 0.5) is 0 Å². The predicted octanol–water partition coefficient (Wildman–Crippen LogP) is 6.30. The van der Waals surface area contributed by atoms with Gasteiger partial charge in [0.1, 0.15) is 0 Å². The van der Waals surface area contributed by atoms with Crippen LogP contribution in [-0.2, 0) is 0 Å². The minimum atomic E-state index is 0.866. The first-order valence-electron chi connectivity index (χ1n) is 8.02. The Bertz CT molecular complexity index is 159. The van der Waals surface area contributed by atoms with E-state index in [1.54, 1.807) is 0 Å². The van der Waals surface area contributed by atoms with Gasteiger partial charge in [0.15, 0.2) is 0 Å². The lowest BCUT2D eigenvalue weighted by Crippen LogP contribution is -2.20. The Morgan fingerprint density at radius 1 is 0.647 bits per heavy atom. The third-order valence-corrected chi connectivity index (χ3v) is 4.30. The third-order valence-electron chi connectivity index (χ3n) is 4.30. The Morgan fingerprint density at radius 3 is 1.71 bits per heavy atom. The van der Waals surface area contributed by atoms with Gasteiger partial charge in [0.25, 0.3) is 0 Å². The molecule has 3 unspecified atom stereocenters. The lowest BCUT2D eigenvalue weighted by Gasteiger charge is -2.30. The fourth-order valence-electron chi connectivity index (χ4n) is 3.05. The van der Waals surface area contributed by atoms with E-state index in [4.69, 9.17) is 0 Å². The highest BCUT2D eigenvalue weighted by atomic mass is 14.3. The van der Waals surface area contributed by atoms with Crippen LogP contribution in [-0.4, -0.2) is 0 Å². The SMILES string of the molecule is CCCCC(C(C)CCC)C(C)CCC(C)C. The summed E-state index contributed by atoms with van der Waals surface area (Å²) >= 11 is 0. The standard InChI is InChI=1S/C17H36/c1-7-9-11-17(15(5)10-8-2)16(6)13-12-14(3)4/h14-17H,7-13H2,1-6H3. The van der Waals surface area contributed by atoms with Crippen LogP contribution >= 0.6 is 0 Å². The molecule has 0 aliphatic rings. The number of hydrogen-bond donors (Lipinski definition) is 0. The summed E-state index contributed by atoms with van der Waals surface area (Å²) in [6, 6.07) is 0. The molecule has 0 heterocycles. The van der Waals surface area contributed by atoms with E-state index in [1.807, 2.05) is 0 Å². The van der Waals surface area contributed by atoms with E-state index in [2.05, 4.69) is 41.5 Å². The van der Waals surface area contributed by atoms with Gasteiger partial charge in [-0.1, -0.05) is 80.1 Å². The maximum atomic E-state index is 2.49. The van der Waals surface area contributed by atoms with Crippen LogP contribution in [0.5, 0.6) is 0 Å². The second kappa shape index (κ2) is 9.97. The molecule has 0 bridgehead atoms. The van der Waals surface area contributed by atoms with Crippen molar-refractivity contribution in [2.24, 2.45) is 23.7 Å². The molecule has 0 saturated carbocycles. The molecule has 0 nitrogen and oxygen atoms in total. The van der Waals surface area contributed by atoms with Crippen LogP contribution in [0.1, 0.15) is 86.5 Å². The van der Waals surface area contributed by atoms with E-state index in [1.165, 1.54) is 44.9 Å². The molecule has 0 rings (SSSR count). The van der Waals surface area contributed by atoms with E-state index in [9.17, 15) is 0 Å². The molecule has 0 amide bonds. The molecule has 0 spiro atoms. The van der Waals surface area contributed by atoms with Crippen molar-refractivity contribution < 1.29 is 0 Å². The summed E-state index contributed by atoms with van der Waals surface area (Å²) in [5.74, 6) is 3.68. The summed E-state index contributed by atoms with van der Waals surface area (Å²) in [4.78, 5) is 0. The molecule has 0 heteroatoms. The average Bonchev–Trinajstić information content (AvgIpc) is 2.27. The van der Waals surface area contributed by atoms with Gasteiger partial charge in [-0.2, -0.15) is 0 Å². The van der Waals surface area contributed by atoms with Gasteiger partial charge in [0, 0.05) is 0 Å². The maximum Gasteiger partial charge on any atom is -0.0363 e. The molecule has 0 aromatic carbocycles. The molecular weight excluding hydrogens is 204 g/mol. The Balaban J connectivity index is 4.22. The lowest BCUT2D eigenvalue weighted by atomic mass is 9.76. The summed E-state index contributed by atoms with van der Waals surface area (Å²) < 4.78 is 0. The Kier molecular flexibility index (Phi) is 9.97. The van der Waals surface area contributed by atoms with Crippen molar-refractivity contribution in [2.75, 3.05) is 0 Å². The Hall–Kier alpha value is 0. The van der Waals surface area contributed by atoms with Crippen molar-refractivity contribution in [1.82, 2.24) is 0 Å². The topological polar surface area (TPSA) is 0 Å². The van der Waals surface area contributed by atoms with Gasteiger partial charge in [-0.15, -0.1) is 0 Å². The zero-order chi connectivity index (χ0) is 13.3. The van der Waals surface area contributed by atoms with Crippen molar-refractivity contribution in [3.05, 3.63) is 0 Å². The Labute approximate surface area is 111 Å². The van der Waals surface area contributed by atoms with Crippen molar-refractivity contribution in [3.63, 3.8) is 0 Å². The number of unbranched alkanes of at least 4 members (excludes halogenated alkanes) is 1. The first-order valence-corrected chi connectivity index (χ1v) is 8.02. The van der Waals surface area contributed by atoms with Gasteiger partial charge in [-0.25, -0.2) is 0 Å². The summed E-state index contributed by atoms with van der Waals surface area (Å²) in [5.41, 5.74) is 0. The summed E-state index contributed by atoms with van der Waals surface area (Å²) in [5, 5.41) is 0. The molecule has 0 aromatic rings. The van der Waals surface area contributed by atoms with Crippen molar-refractivity contribution >= 4 is 0 Å². The van der Waals surface area contributed by atoms with Crippen molar-refractivity contribution in [1.29, 1.82) is 0 Å². The summed E-state index contributed by atoms with van der Waals surface area (Å²) in [6.07, 6.45) is 9.83. The summed E-state index contributed by atoms with van der Waals surface area (Å²) in [6.45, 7) is 14.3. The molecule has 0 radical (unpaired) electrons. The second-order valence-electron chi connectivity index (χ2n) is 6.52. The van der Waals surface area contributed by atoms with Gasteiger partial charge in [-0.05, 0) is 30.1 Å². The van der Waals surface area contributed by atoms with Crippen molar-refractivity contribution in [3.8, 4) is 0 Å². The van der Waals surface area contributed by atoms with E-state index in [0.717, 1.165) is 23.7 Å². The fourth-order valence-corrected chi connectivity index (χ4v) is 3.05. The summed E-state index contributed by atoms with van der Waals surface area (Å²) in [7, 11) is 0. The highest BCUT2D eigenvalue weighted by molar-refractivity contribution is 4.73. The Morgan fingerprint density at radius 2 is 1.24 bits per heavy atom. The molecule has 0 fully saturated rings. The number of hydrogen-bond acceptors (Lipinski definition) is 0. The molecule has 3 atom stereocenters. The normalized spacial score (nSPS) is 17.1. The van der Waals surface area contributed by atoms with Crippen LogP contribution in [0.2, 0.25) is 0 Å². The first-order chi connectivity index (χ1) is 8.02. The highest BCUT2D eigenvalue weighted by Crippen LogP contribution is 2.32. The van der Waals surface area contributed by atoms with Gasteiger partial charge < -0.3 is 0 Å². The molecule has 0 aliphatic heterocycles. The zero-order valence-electron chi connectivity index (χ0n) is 13.3. The van der Waals surface area contributed by atoms with Gasteiger partial charge >= 0.3 is 0 Å². The largest absolute Gasteiger partial charge is 0.0654 e. The van der Waals surface area contributed by atoms with Crippen molar-refractivity contribution in [2.45, 2.75) is 86.5 Å². The van der Waals surface area contributed by atoms with Crippen LogP contribution in [0.15, 0.2) is 0 Å². The minimum absolute atomic E-state index is 0.866. The van der Waals surface area contributed by atoms with Gasteiger partial charge in [-0.3, -0.25) is 0 Å². The van der Waals surface area contributed by atoms with E-state index >= 15 is 0 Å². The lowest BCUT2D eigenvalue weighted by molar-refractivity contribution is 0.204. The van der Waals surface area contributed by atoms with Gasteiger partial charge in [0.2, 0.25) is 0 Å². The van der Waals surface area contributed by atoms with Crippen LogP contribution in [0, 0.1) is 23.7 Å². The van der Waals surface area contributed by atoms with E-state index < -0.39 is 0 Å². The van der Waals surface area contributed by atoms with Crippen LogP contribution in [0.3, 0.4) is 0 Å². The van der Waals surface area contributed by atoms with Gasteiger partial charge in [0.05, 0.1) is 0 Å². The first kappa shape index (κ1) is 17.0. The monoisotopic (exact) mass is 240 g/mol. The molecule has 0 N–H and O–H groups in total. The molecule has 0 aliphatic carbocycles. The second-order valence-corrected chi connectivity index (χ2v) is 6.52. The molecular formula is C17H36. The molecule has 0 aromatic heterocycles. The average molecular weight is 240 g/mol. The van der Waals surface area contributed by atoms with E-state index in [0.29, 0.717) is 0 Å². The smallest absolute Gasteiger partial charge is 0.0363 e. The fraction of sp³-hybridized carbons (Fsp3) is 1.00. The van der Waals surface area contributed by atoms with Crippen LogP contribution in [0.25, 0.3) is 0 Å². The predicted molar refractivity (Wildman–Crippen MR) is 80.3 cm³/mol. The quantitative estimate of drug-likeness (QED) is 0.420.